The number of aliphatic hydroxyl groups excluding tert-OH is 11. The predicted molar refractivity (Wildman–Crippen MR) is 271 cm³/mol. The van der Waals surface area contributed by atoms with Crippen molar-refractivity contribution in [2.45, 2.75) is 200 Å². The number of hydrogen-bond acceptors (Lipinski definition) is 37. The Morgan fingerprint density at radius 1 is 0.364 bits per heavy atom. The van der Waals surface area contributed by atoms with E-state index in [2.05, 4.69) is 16.7 Å². The highest BCUT2D eigenvalue weighted by molar-refractivity contribution is 7.81. The van der Waals surface area contributed by atoms with Crippen LogP contribution in [0.2, 0.25) is 0 Å². The fraction of sp³-hybridized carbons (Fsp3) is 1.00. The van der Waals surface area contributed by atoms with Gasteiger partial charge in [-0.2, -0.15) is 42.1 Å². The van der Waals surface area contributed by atoms with Crippen LogP contribution in [-0.2, 0) is 125 Å². The molecule has 0 aromatic rings. The first-order valence-corrected chi connectivity index (χ1v) is 33.0. The summed E-state index contributed by atoms with van der Waals surface area (Å²) in [4.78, 5) is 0. The van der Waals surface area contributed by atoms with Crippen LogP contribution in [0.4, 0.5) is 0 Å². The van der Waals surface area contributed by atoms with Crippen molar-refractivity contribution >= 4 is 52.0 Å². The van der Waals surface area contributed by atoms with Gasteiger partial charge < -0.3 is 108 Å². The first-order chi connectivity index (χ1) is 40.5. The van der Waals surface area contributed by atoms with Crippen molar-refractivity contribution < 1.29 is 194 Å². The molecule has 520 valence electrons. The van der Waals surface area contributed by atoms with Crippen molar-refractivity contribution in [2.75, 3.05) is 46.2 Å². The van der Waals surface area contributed by atoms with E-state index in [0.717, 1.165) is 0 Å². The summed E-state index contributed by atoms with van der Waals surface area (Å²) in [6.07, 6.45) is -42.3. The molecule has 0 amide bonds. The Kier molecular flexibility index (Phi) is 28.3. The minimum atomic E-state index is -5.22. The summed E-state index contributed by atoms with van der Waals surface area (Å²) in [5, 5.41) is 113. The van der Waals surface area contributed by atoms with Crippen LogP contribution in [0.1, 0.15) is 40.5 Å². The van der Waals surface area contributed by atoms with Gasteiger partial charge in [-0.3, -0.25) is 22.8 Å². The quantitative estimate of drug-likeness (QED) is 0.0358. The second-order valence-corrected chi connectivity index (χ2v) is 25.8. The zero-order chi connectivity index (χ0) is 66.3. The molecule has 6 saturated heterocycles. The van der Waals surface area contributed by atoms with Crippen molar-refractivity contribution in [2.24, 2.45) is 11.8 Å². The number of ether oxygens (including phenoxy) is 11. The van der Waals surface area contributed by atoms with E-state index < -0.39 is 270 Å². The molecule has 88 heavy (non-hydrogen) atoms. The third-order valence-electron chi connectivity index (χ3n) is 14.2. The molecule has 6 fully saturated rings. The molecular formula is C41H74O42S5. The largest absolute Gasteiger partial charge is 0.397 e. The van der Waals surface area contributed by atoms with Crippen LogP contribution in [0, 0.1) is 11.8 Å². The van der Waals surface area contributed by atoms with Gasteiger partial charge in [0, 0.05) is 31.3 Å². The van der Waals surface area contributed by atoms with E-state index in [0.29, 0.717) is 0 Å². The highest BCUT2D eigenvalue weighted by Crippen LogP contribution is 2.36. The van der Waals surface area contributed by atoms with Crippen LogP contribution in [0.15, 0.2) is 0 Å². The predicted octanol–water partition coefficient (Wildman–Crippen LogP) is -9.29. The standard InChI is InChI=1S/C22H40O20S2.C19H34O22S3/c1-4-35-20-15(26)11(14(25)12(5-23)40-20)7-37-21-16(27)18(41-43(29,30)31)10(8(2)38-21)6-36-22-17(28)19(42-44(32,33)34)13(24)9(3)39-22;1-7-14(21)9(39-42(25,26)27)2-8(36-7)5-34-13-3-10(40-43(28,29)30)15(22)12(37-13)6-35-19-17(24)18(41-44(31,32)33)16(23)11(4-20)38-19/h8-28H,4-7H2,1-3H3,(H,29,30,31)(H,32,33,34);7-24H,2-6H2,1H3,(H,25,26,27)(H,28,29,30)(H,31,32,33)/t8?,9?,10-,11?,12?,13-,14-,15?,16?,17?,18?,19?,20-,21-,22-;7?,8?,9?,10?,11?,12?,13-,14?,15-,16+,17?,18?,19-/m11/s1. The van der Waals surface area contributed by atoms with Crippen molar-refractivity contribution in [3.63, 3.8) is 0 Å². The molecule has 0 aromatic carbocycles. The molecule has 6 rings (SSSR count). The highest BCUT2D eigenvalue weighted by atomic mass is 32.3. The molecule has 0 aliphatic carbocycles. The molecule has 0 bridgehead atoms. The molecule has 6 aliphatic heterocycles. The van der Waals surface area contributed by atoms with Crippen molar-refractivity contribution in [3.05, 3.63) is 0 Å². The fourth-order valence-corrected chi connectivity index (χ4v) is 12.5. The lowest BCUT2D eigenvalue weighted by atomic mass is 9.89. The molecule has 0 spiro atoms. The summed E-state index contributed by atoms with van der Waals surface area (Å²) in [5.74, 6) is -2.38. The summed E-state index contributed by atoms with van der Waals surface area (Å²) >= 11 is 0. The first-order valence-electron chi connectivity index (χ1n) is 26.2. The lowest BCUT2D eigenvalue weighted by molar-refractivity contribution is -0.323. The molecule has 42 nitrogen and oxygen atoms in total. The molecule has 47 heteroatoms. The molecule has 0 aromatic heterocycles. The Morgan fingerprint density at radius 3 is 1.27 bits per heavy atom. The topological polar surface area (TPSA) is 642 Å². The van der Waals surface area contributed by atoms with E-state index in [9.17, 15) is 103 Å². The van der Waals surface area contributed by atoms with E-state index in [1.807, 2.05) is 0 Å². The lowest BCUT2D eigenvalue weighted by Gasteiger charge is -2.45. The average Bonchev–Trinajstić information content (AvgIpc) is 1.29. The SMILES string of the molecule is CC1OC(CO[C@H]2CC(OS(=O)(=O)O)[C@@H](O)C(CO[C@@H]3OC(CO)[C@H](O)C(OS(=O)(=O)O)C3O)O2)CC(OS(=O)(=O)O)C1O.CCO[C@@H]1OC(CO)[C@H](O)C(CO[C@@H]2OC(C)[C@@H](CO[C@@H]3OC(C)[C@@H](O)C(OS(=O)(=O)O)C3O)C(OS(=O)(=O)O)C2O)C1O. The van der Waals surface area contributed by atoms with Gasteiger partial charge in [0.2, 0.25) is 0 Å². The normalized spacial score (nSPS) is 42.5. The van der Waals surface area contributed by atoms with Gasteiger partial charge in [-0.25, -0.2) is 20.9 Å². The van der Waals surface area contributed by atoms with Crippen LogP contribution in [-0.4, -0.2) is 327 Å². The third-order valence-corrected chi connectivity index (χ3v) is 16.6. The molecule has 6 heterocycles. The van der Waals surface area contributed by atoms with E-state index in [4.69, 9.17) is 74.5 Å². The Hall–Kier alpha value is -1.53. The minimum Gasteiger partial charge on any atom is -0.394 e. The van der Waals surface area contributed by atoms with Crippen LogP contribution in [0.5, 0.6) is 0 Å². The molecule has 28 atom stereocenters. The monoisotopic (exact) mass is 1400 g/mol. The number of rotatable bonds is 26. The average molecular weight is 1400 g/mol. The van der Waals surface area contributed by atoms with E-state index in [-0.39, 0.29) is 13.0 Å². The van der Waals surface area contributed by atoms with E-state index >= 15 is 0 Å². The van der Waals surface area contributed by atoms with Gasteiger partial charge in [-0.05, 0) is 27.7 Å². The fourth-order valence-electron chi connectivity index (χ4n) is 9.92. The molecule has 6 aliphatic rings. The Balaban J connectivity index is 0.000000321. The van der Waals surface area contributed by atoms with Gasteiger partial charge in [0.15, 0.2) is 31.5 Å². The maximum atomic E-state index is 11.7. The summed E-state index contributed by atoms with van der Waals surface area (Å²) < 4.78 is 241. The maximum absolute atomic E-state index is 11.7. The van der Waals surface area contributed by atoms with Crippen LogP contribution in [0.25, 0.3) is 0 Å². The molecular weight excluding hydrogens is 1320 g/mol. The van der Waals surface area contributed by atoms with E-state index in [1.54, 1.807) is 6.92 Å². The second-order valence-electron chi connectivity index (χ2n) is 20.5. The van der Waals surface area contributed by atoms with Crippen molar-refractivity contribution in [1.82, 2.24) is 0 Å². The summed E-state index contributed by atoms with van der Waals surface area (Å²) in [6, 6.07) is 0. The van der Waals surface area contributed by atoms with Crippen molar-refractivity contribution in [3.8, 4) is 0 Å². The van der Waals surface area contributed by atoms with Crippen LogP contribution in [0.3, 0.4) is 0 Å². The van der Waals surface area contributed by atoms with Gasteiger partial charge in [-0.1, -0.05) is 0 Å². The second kappa shape index (κ2) is 32.3. The summed E-state index contributed by atoms with van der Waals surface area (Å²) in [5.41, 5.74) is 0. The zero-order valence-electron chi connectivity index (χ0n) is 46.3. The first kappa shape index (κ1) is 77.2. The highest BCUT2D eigenvalue weighted by Gasteiger charge is 2.53. The minimum absolute atomic E-state index is 0.125. The number of hydrogen-bond donors (Lipinski definition) is 16. The summed E-state index contributed by atoms with van der Waals surface area (Å²) in [7, 11) is -25.6. The van der Waals surface area contributed by atoms with Gasteiger partial charge in [-0.15, -0.1) is 0 Å². The van der Waals surface area contributed by atoms with Gasteiger partial charge in [0.25, 0.3) is 0 Å². The van der Waals surface area contributed by atoms with Crippen LogP contribution >= 0.6 is 0 Å². The van der Waals surface area contributed by atoms with Gasteiger partial charge in [0.05, 0.1) is 70.2 Å². The molecule has 0 radical (unpaired) electrons. The maximum Gasteiger partial charge on any atom is 0.397 e. The van der Waals surface area contributed by atoms with Gasteiger partial charge >= 0.3 is 52.0 Å². The Labute approximate surface area is 502 Å². The van der Waals surface area contributed by atoms with Gasteiger partial charge in [0.1, 0.15) is 97.7 Å². The summed E-state index contributed by atoms with van der Waals surface area (Å²) in [6.45, 7) is 1.88. The number of aliphatic hydroxyl groups is 11. The van der Waals surface area contributed by atoms with E-state index in [1.165, 1.54) is 20.8 Å². The zero-order valence-corrected chi connectivity index (χ0v) is 50.4. The smallest absolute Gasteiger partial charge is 0.394 e. The van der Waals surface area contributed by atoms with Crippen LogP contribution < -0.4 is 0 Å². The lowest BCUT2D eigenvalue weighted by Crippen LogP contribution is -2.61. The molecule has 0 saturated carbocycles. The molecule has 18 unspecified atom stereocenters. The Bertz CT molecular complexity index is 2750. The van der Waals surface area contributed by atoms with Crippen molar-refractivity contribution in [1.29, 1.82) is 0 Å². The molecule has 16 N–H and O–H groups in total. The Morgan fingerprint density at radius 2 is 0.773 bits per heavy atom. The third kappa shape index (κ3) is 22.3.